The topological polar surface area (TPSA) is 74.1 Å². The van der Waals surface area contributed by atoms with E-state index in [1.807, 2.05) is 44.3 Å². The zero-order valence-electron chi connectivity index (χ0n) is 26.0. The Morgan fingerprint density at radius 2 is 1.74 bits per heavy atom. The van der Waals surface area contributed by atoms with E-state index in [2.05, 4.69) is 84.1 Å². The summed E-state index contributed by atoms with van der Waals surface area (Å²) in [4.78, 5) is 13.9. The van der Waals surface area contributed by atoms with Gasteiger partial charge in [0.25, 0.3) is 0 Å². The van der Waals surface area contributed by atoms with Gasteiger partial charge in [0.15, 0.2) is 0 Å². The van der Waals surface area contributed by atoms with E-state index < -0.39 is 0 Å². The lowest BCUT2D eigenvalue weighted by Gasteiger charge is -2.48. The zero-order valence-corrected chi connectivity index (χ0v) is 26.0. The van der Waals surface area contributed by atoms with Crippen LogP contribution in [-0.4, -0.2) is 71.0 Å². The van der Waals surface area contributed by atoms with Gasteiger partial charge in [-0.1, -0.05) is 30.7 Å². The molecule has 0 saturated carbocycles. The number of nitrogens with one attached hydrogen (secondary N) is 2. The molecule has 0 aliphatic carbocycles. The zero-order chi connectivity index (χ0) is 29.6. The fourth-order valence-electron chi connectivity index (χ4n) is 6.61. The molecule has 3 aliphatic rings. The van der Waals surface area contributed by atoms with Gasteiger partial charge < -0.3 is 15.5 Å². The Kier molecular flexibility index (Phi) is 9.05. The van der Waals surface area contributed by atoms with Gasteiger partial charge in [0.05, 0.1) is 11.9 Å². The van der Waals surface area contributed by atoms with Crippen LogP contribution in [0.3, 0.4) is 0 Å². The van der Waals surface area contributed by atoms with Gasteiger partial charge in [0, 0.05) is 70.2 Å². The van der Waals surface area contributed by atoms with Crippen LogP contribution in [0.25, 0.3) is 28.0 Å². The molecule has 0 atom stereocenters. The fraction of sp³-hybridized carbons (Fsp3) is 0.457. The number of hydrogen-bond acceptors (Lipinski definition) is 7. The molecule has 8 heteroatoms. The molecule has 3 aliphatic heterocycles. The second-order valence-corrected chi connectivity index (χ2v) is 12.4. The maximum atomic E-state index is 4.54. The van der Waals surface area contributed by atoms with Crippen LogP contribution in [0.5, 0.6) is 0 Å². The molecular formula is C35H46N8. The van der Waals surface area contributed by atoms with Crippen LogP contribution in [-0.2, 0) is 13.6 Å². The highest BCUT2D eigenvalue weighted by atomic mass is 15.3. The molecule has 2 N–H and O–H groups in total. The Bertz CT molecular complexity index is 1540. The number of nitrogens with zero attached hydrogens (tertiary/aromatic N) is 6. The van der Waals surface area contributed by atoms with Gasteiger partial charge in [-0.05, 0) is 91.9 Å². The molecule has 8 nitrogen and oxygen atoms in total. The number of likely N-dealkylation sites (tertiary alicyclic amines) is 1. The van der Waals surface area contributed by atoms with E-state index >= 15 is 0 Å². The lowest BCUT2D eigenvalue weighted by atomic mass is 9.73. The highest BCUT2D eigenvalue weighted by Crippen LogP contribution is 2.36. The second kappa shape index (κ2) is 13.3. The monoisotopic (exact) mass is 578 g/mol. The van der Waals surface area contributed by atoms with Gasteiger partial charge in [-0.2, -0.15) is 5.10 Å². The van der Waals surface area contributed by atoms with Crippen LogP contribution in [0, 0.1) is 5.41 Å². The van der Waals surface area contributed by atoms with Crippen LogP contribution in [0.15, 0.2) is 61.1 Å². The van der Waals surface area contributed by atoms with Crippen LogP contribution in [0.1, 0.15) is 50.3 Å². The van der Waals surface area contributed by atoms with E-state index in [1.165, 1.54) is 86.1 Å². The van der Waals surface area contributed by atoms with Gasteiger partial charge in [-0.3, -0.25) is 9.58 Å². The van der Waals surface area contributed by atoms with E-state index in [0.29, 0.717) is 5.41 Å². The van der Waals surface area contributed by atoms with E-state index in [4.69, 9.17) is 0 Å². The predicted molar refractivity (Wildman–Crippen MR) is 178 cm³/mol. The van der Waals surface area contributed by atoms with Crippen molar-refractivity contribution in [2.45, 2.75) is 45.6 Å². The maximum Gasteiger partial charge on any atom is 0.129 e. The maximum absolute atomic E-state index is 4.54. The first-order chi connectivity index (χ1) is 21.1. The number of aryl methyl sites for hydroxylation is 1. The predicted octanol–water partition coefficient (Wildman–Crippen LogP) is 5.97. The first-order valence-corrected chi connectivity index (χ1v) is 15.9. The summed E-state index contributed by atoms with van der Waals surface area (Å²) >= 11 is 0. The molecule has 1 aromatic carbocycles. The first-order valence-electron chi connectivity index (χ1n) is 15.9. The van der Waals surface area contributed by atoms with E-state index in [0.717, 1.165) is 36.7 Å². The summed E-state index contributed by atoms with van der Waals surface area (Å²) in [5.41, 5.74) is 5.60. The Morgan fingerprint density at radius 3 is 2.47 bits per heavy atom. The van der Waals surface area contributed by atoms with Crippen molar-refractivity contribution in [3.05, 3.63) is 72.3 Å². The molecule has 0 amide bonds. The molecule has 7 rings (SSSR count). The van der Waals surface area contributed by atoms with Crippen molar-refractivity contribution in [2.75, 3.05) is 56.5 Å². The standard InChI is InChI=1S/C20H25N5.C15H21N3/c1-21-20-11-17-10-15(6-7-16(17)12-22-20)18-13-23-24(2)19(18)14-25-8-4-3-5-9-25;1-2-3-13-4-7-17-14(10-13)18-8-5-15(6-9-18)11-16-12-15/h6-7,10-13H,3-5,8-9,14H2,1-2H3,(H,21,22);2-4,7,10,16H,5-6,8-9,11-12H2,1H3/b;3-2-. The molecule has 0 unspecified atom stereocenters. The number of anilines is 2. The Morgan fingerprint density at radius 1 is 0.930 bits per heavy atom. The molecule has 6 heterocycles. The summed E-state index contributed by atoms with van der Waals surface area (Å²) in [6, 6.07) is 12.9. The molecule has 3 fully saturated rings. The molecule has 3 aromatic heterocycles. The average molecular weight is 579 g/mol. The molecule has 4 aromatic rings. The molecule has 0 radical (unpaired) electrons. The number of fused-ring (bicyclic) bond motifs is 1. The Hall–Kier alpha value is -3.75. The van der Waals surface area contributed by atoms with Gasteiger partial charge in [0.1, 0.15) is 11.6 Å². The van der Waals surface area contributed by atoms with Crippen LogP contribution < -0.4 is 15.5 Å². The lowest BCUT2D eigenvalue weighted by molar-refractivity contribution is 0.126. The van der Waals surface area contributed by atoms with E-state index in [-0.39, 0.29) is 0 Å². The van der Waals surface area contributed by atoms with Gasteiger partial charge in [0.2, 0.25) is 0 Å². The average Bonchev–Trinajstić information content (AvgIpc) is 3.40. The lowest BCUT2D eigenvalue weighted by Crippen LogP contribution is -2.58. The quantitative estimate of drug-likeness (QED) is 0.292. The third kappa shape index (κ3) is 6.76. The van der Waals surface area contributed by atoms with Crippen molar-refractivity contribution < 1.29 is 0 Å². The summed E-state index contributed by atoms with van der Waals surface area (Å²) in [7, 11) is 3.95. The van der Waals surface area contributed by atoms with Crippen molar-refractivity contribution in [3.63, 3.8) is 0 Å². The third-order valence-corrected chi connectivity index (χ3v) is 9.45. The molecule has 226 valence electrons. The number of rotatable bonds is 6. The summed E-state index contributed by atoms with van der Waals surface area (Å²) in [5, 5.41) is 13.4. The third-order valence-electron chi connectivity index (χ3n) is 9.45. The van der Waals surface area contributed by atoms with Crippen LogP contribution in [0.2, 0.25) is 0 Å². The Labute approximate surface area is 256 Å². The SMILES string of the molecule is C/C=C\c1ccnc(N2CCC3(CC2)CNC3)c1.CNc1cc2cc(-c3cnn(C)c3CN3CCCCC3)ccc2cn1. The summed E-state index contributed by atoms with van der Waals surface area (Å²) in [5.74, 6) is 2.03. The van der Waals surface area contributed by atoms with Crippen LogP contribution in [0.4, 0.5) is 11.6 Å². The summed E-state index contributed by atoms with van der Waals surface area (Å²) in [6.45, 7) is 10.1. The van der Waals surface area contributed by atoms with E-state index in [1.54, 1.807) is 0 Å². The molecule has 43 heavy (non-hydrogen) atoms. The smallest absolute Gasteiger partial charge is 0.129 e. The van der Waals surface area contributed by atoms with Crippen molar-refractivity contribution in [3.8, 4) is 11.1 Å². The minimum Gasteiger partial charge on any atom is -0.373 e. The Balaban J connectivity index is 0.000000162. The number of benzene rings is 1. The van der Waals surface area contributed by atoms with Crippen molar-refractivity contribution in [1.29, 1.82) is 0 Å². The molecule has 3 saturated heterocycles. The van der Waals surface area contributed by atoms with Crippen molar-refractivity contribution in [2.24, 2.45) is 12.5 Å². The second-order valence-electron chi connectivity index (χ2n) is 12.4. The number of allylic oxidation sites excluding steroid dienone is 1. The minimum absolute atomic E-state index is 0.609. The molecule has 0 bridgehead atoms. The van der Waals surface area contributed by atoms with Gasteiger partial charge >= 0.3 is 0 Å². The van der Waals surface area contributed by atoms with E-state index in [9.17, 15) is 0 Å². The molecular weight excluding hydrogens is 532 g/mol. The molecule has 1 spiro atoms. The van der Waals surface area contributed by atoms with Crippen molar-refractivity contribution in [1.82, 2.24) is 30.0 Å². The fourth-order valence-corrected chi connectivity index (χ4v) is 6.61. The van der Waals surface area contributed by atoms with Crippen LogP contribution >= 0.6 is 0 Å². The highest BCUT2D eigenvalue weighted by molar-refractivity contribution is 5.88. The largest absolute Gasteiger partial charge is 0.373 e. The normalized spacial score (nSPS) is 18.4. The number of aromatic nitrogens is 4. The number of piperidine rings is 2. The van der Waals surface area contributed by atoms with Crippen molar-refractivity contribution >= 4 is 28.5 Å². The van der Waals surface area contributed by atoms with Gasteiger partial charge in [-0.25, -0.2) is 9.97 Å². The number of hydrogen-bond donors (Lipinski definition) is 2. The first kappa shape index (κ1) is 29.3. The van der Waals surface area contributed by atoms with Gasteiger partial charge in [-0.15, -0.1) is 0 Å². The summed E-state index contributed by atoms with van der Waals surface area (Å²) in [6.07, 6.45) is 16.6. The highest BCUT2D eigenvalue weighted by Gasteiger charge is 2.39. The summed E-state index contributed by atoms with van der Waals surface area (Å²) < 4.78 is 2.03. The minimum atomic E-state index is 0.609. The number of pyridine rings is 2.